The van der Waals surface area contributed by atoms with Gasteiger partial charge in [0.2, 0.25) is 0 Å². The van der Waals surface area contributed by atoms with Gasteiger partial charge in [-0.1, -0.05) is 26.2 Å². The van der Waals surface area contributed by atoms with Crippen LogP contribution in [-0.4, -0.2) is 18.1 Å². The van der Waals surface area contributed by atoms with E-state index in [1.165, 1.54) is 30.7 Å². The molecule has 0 saturated carbocycles. The molecule has 0 unspecified atom stereocenters. The fraction of sp³-hybridized carbons (Fsp3) is 0.727. The van der Waals surface area contributed by atoms with Gasteiger partial charge < -0.3 is 5.32 Å². The van der Waals surface area contributed by atoms with E-state index in [2.05, 4.69) is 17.2 Å². The van der Waals surface area contributed by atoms with Crippen LogP contribution in [-0.2, 0) is 6.42 Å². The molecule has 1 rings (SSSR count). The molecule has 0 bridgehead atoms. The number of hydrogen-bond acceptors (Lipinski definition) is 3. The molecule has 14 heavy (non-hydrogen) atoms. The number of unbranched alkanes of at least 4 members (excludes halogenated alkanes) is 3. The first kappa shape index (κ1) is 11.7. The van der Waals surface area contributed by atoms with Gasteiger partial charge >= 0.3 is 0 Å². The van der Waals surface area contributed by atoms with Crippen molar-refractivity contribution < 1.29 is 0 Å². The summed E-state index contributed by atoms with van der Waals surface area (Å²) in [4.78, 5) is 4.24. The molecule has 1 N–H and O–H groups in total. The van der Waals surface area contributed by atoms with Crippen molar-refractivity contribution in [2.24, 2.45) is 0 Å². The van der Waals surface area contributed by atoms with Crippen LogP contribution in [0, 0.1) is 0 Å². The number of hydrogen-bond donors (Lipinski definition) is 1. The average Bonchev–Trinajstić information content (AvgIpc) is 2.69. The standard InChI is InChI=1S/C11H20N2S/c1-2-3-4-5-7-12-8-6-11-13-9-10-14-11/h9-10,12H,2-8H2,1H3. The lowest BCUT2D eigenvalue weighted by Crippen LogP contribution is -2.18. The Morgan fingerprint density at radius 3 is 2.93 bits per heavy atom. The zero-order valence-corrected chi connectivity index (χ0v) is 9.78. The van der Waals surface area contributed by atoms with Gasteiger partial charge in [-0.15, -0.1) is 11.3 Å². The Kier molecular flexibility index (Phi) is 6.62. The van der Waals surface area contributed by atoms with Crippen LogP contribution in [0.15, 0.2) is 11.6 Å². The van der Waals surface area contributed by atoms with Crippen LogP contribution in [0.5, 0.6) is 0 Å². The maximum absolute atomic E-state index is 4.24. The Hall–Kier alpha value is -0.410. The molecule has 0 saturated heterocycles. The van der Waals surface area contributed by atoms with Gasteiger partial charge in [-0.25, -0.2) is 4.98 Å². The van der Waals surface area contributed by atoms with Crippen molar-refractivity contribution in [3.8, 4) is 0 Å². The highest BCUT2D eigenvalue weighted by atomic mass is 32.1. The lowest BCUT2D eigenvalue weighted by atomic mass is 10.2. The van der Waals surface area contributed by atoms with Gasteiger partial charge in [0.05, 0.1) is 5.01 Å². The minimum Gasteiger partial charge on any atom is -0.316 e. The molecular formula is C11H20N2S. The molecule has 0 radical (unpaired) electrons. The number of nitrogens with one attached hydrogen (secondary N) is 1. The maximum atomic E-state index is 4.24. The summed E-state index contributed by atoms with van der Waals surface area (Å²) < 4.78 is 0. The van der Waals surface area contributed by atoms with Gasteiger partial charge in [-0.3, -0.25) is 0 Å². The van der Waals surface area contributed by atoms with E-state index in [0.717, 1.165) is 19.5 Å². The fourth-order valence-corrected chi connectivity index (χ4v) is 1.99. The van der Waals surface area contributed by atoms with E-state index in [-0.39, 0.29) is 0 Å². The van der Waals surface area contributed by atoms with Crippen molar-refractivity contribution in [3.05, 3.63) is 16.6 Å². The highest BCUT2D eigenvalue weighted by molar-refractivity contribution is 7.09. The third-order valence-corrected chi connectivity index (χ3v) is 3.05. The second kappa shape index (κ2) is 7.94. The molecule has 1 aromatic rings. The minimum absolute atomic E-state index is 1.07. The summed E-state index contributed by atoms with van der Waals surface area (Å²) >= 11 is 1.74. The molecule has 3 heteroatoms. The Morgan fingerprint density at radius 2 is 2.21 bits per heavy atom. The molecule has 80 valence electrons. The SMILES string of the molecule is CCCCCCNCCc1nccs1. The topological polar surface area (TPSA) is 24.9 Å². The molecule has 0 aliphatic rings. The molecule has 0 amide bonds. The van der Waals surface area contributed by atoms with Crippen LogP contribution in [0.4, 0.5) is 0 Å². The Morgan fingerprint density at radius 1 is 1.29 bits per heavy atom. The van der Waals surface area contributed by atoms with Gasteiger partial charge in [0, 0.05) is 24.5 Å². The van der Waals surface area contributed by atoms with Crippen molar-refractivity contribution in [2.75, 3.05) is 13.1 Å². The number of thiazole rings is 1. The summed E-state index contributed by atoms with van der Waals surface area (Å²) in [6, 6.07) is 0. The van der Waals surface area contributed by atoms with E-state index < -0.39 is 0 Å². The third kappa shape index (κ3) is 5.35. The van der Waals surface area contributed by atoms with Crippen molar-refractivity contribution in [2.45, 2.75) is 39.0 Å². The first-order chi connectivity index (χ1) is 6.93. The normalized spacial score (nSPS) is 10.6. The second-order valence-electron chi connectivity index (χ2n) is 3.49. The number of aromatic nitrogens is 1. The van der Waals surface area contributed by atoms with Gasteiger partial charge in [-0.2, -0.15) is 0 Å². The highest BCUT2D eigenvalue weighted by Crippen LogP contribution is 2.03. The zero-order valence-electron chi connectivity index (χ0n) is 8.96. The van der Waals surface area contributed by atoms with Crippen molar-refractivity contribution in [1.82, 2.24) is 10.3 Å². The minimum atomic E-state index is 1.07. The Balaban J connectivity index is 1.85. The summed E-state index contributed by atoms with van der Waals surface area (Å²) in [6.07, 6.45) is 8.31. The van der Waals surface area contributed by atoms with Crippen LogP contribution in [0.3, 0.4) is 0 Å². The predicted molar refractivity (Wildman–Crippen MR) is 62.8 cm³/mol. The van der Waals surface area contributed by atoms with Crippen molar-refractivity contribution in [1.29, 1.82) is 0 Å². The molecule has 0 spiro atoms. The number of nitrogens with zero attached hydrogens (tertiary/aromatic N) is 1. The monoisotopic (exact) mass is 212 g/mol. The average molecular weight is 212 g/mol. The Bertz CT molecular complexity index is 209. The van der Waals surface area contributed by atoms with Gasteiger partial charge in [0.15, 0.2) is 0 Å². The second-order valence-corrected chi connectivity index (χ2v) is 4.47. The molecule has 1 heterocycles. The molecule has 0 atom stereocenters. The maximum Gasteiger partial charge on any atom is 0.0937 e. The van der Waals surface area contributed by atoms with Crippen LogP contribution < -0.4 is 5.32 Å². The van der Waals surface area contributed by atoms with Gasteiger partial charge in [-0.05, 0) is 13.0 Å². The summed E-state index contributed by atoms with van der Waals surface area (Å²) in [5, 5.41) is 6.73. The molecule has 0 aromatic carbocycles. The molecule has 1 aromatic heterocycles. The van der Waals surface area contributed by atoms with Gasteiger partial charge in [0.25, 0.3) is 0 Å². The molecular weight excluding hydrogens is 192 g/mol. The third-order valence-electron chi connectivity index (χ3n) is 2.21. The fourth-order valence-electron chi connectivity index (χ4n) is 1.37. The van der Waals surface area contributed by atoms with Crippen LogP contribution in [0.1, 0.15) is 37.6 Å². The first-order valence-electron chi connectivity index (χ1n) is 5.52. The zero-order chi connectivity index (χ0) is 10.1. The lowest BCUT2D eigenvalue weighted by molar-refractivity contribution is 0.598. The smallest absolute Gasteiger partial charge is 0.0937 e. The van der Waals surface area contributed by atoms with Crippen molar-refractivity contribution in [3.63, 3.8) is 0 Å². The van der Waals surface area contributed by atoms with E-state index in [4.69, 9.17) is 0 Å². The van der Waals surface area contributed by atoms with E-state index >= 15 is 0 Å². The van der Waals surface area contributed by atoms with Crippen LogP contribution >= 0.6 is 11.3 Å². The van der Waals surface area contributed by atoms with E-state index in [1.54, 1.807) is 11.3 Å². The largest absolute Gasteiger partial charge is 0.316 e. The summed E-state index contributed by atoms with van der Waals surface area (Å²) in [7, 11) is 0. The highest BCUT2D eigenvalue weighted by Gasteiger charge is 1.94. The predicted octanol–water partition coefficient (Wildman–Crippen LogP) is 2.86. The van der Waals surface area contributed by atoms with Gasteiger partial charge in [0.1, 0.15) is 0 Å². The molecule has 2 nitrogen and oxygen atoms in total. The van der Waals surface area contributed by atoms with E-state index in [0.29, 0.717) is 0 Å². The lowest BCUT2D eigenvalue weighted by Gasteiger charge is -2.02. The van der Waals surface area contributed by atoms with Crippen LogP contribution in [0.25, 0.3) is 0 Å². The van der Waals surface area contributed by atoms with Crippen LogP contribution in [0.2, 0.25) is 0 Å². The van der Waals surface area contributed by atoms with E-state index in [1.807, 2.05) is 11.6 Å². The molecule has 0 aliphatic carbocycles. The van der Waals surface area contributed by atoms with E-state index in [9.17, 15) is 0 Å². The summed E-state index contributed by atoms with van der Waals surface area (Å²) in [5.41, 5.74) is 0. The molecule has 0 aliphatic heterocycles. The Labute approximate surface area is 90.8 Å². The quantitative estimate of drug-likeness (QED) is 0.670. The van der Waals surface area contributed by atoms with Crippen molar-refractivity contribution >= 4 is 11.3 Å². The number of rotatable bonds is 8. The molecule has 0 fully saturated rings. The summed E-state index contributed by atoms with van der Waals surface area (Å²) in [5.74, 6) is 0. The summed E-state index contributed by atoms with van der Waals surface area (Å²) in [6.45, 7) is 4.47. The first-order valence-corrected chi connectivity index (χ1v) is 6.40.